The van der Waals surface area contributed by atoms with E-state index in [1.54, 1.807) is 0 Å². The van der Waals surface area contributed by atoms with E-state index in [-0.39, 0.29) is 12.8 Å². The molecule has 0 spiro atoms. The van der Waals surface area contributed by atoms with Crippen LogP contribution in [0.5, 0.6) is 0 Å². The lowest BCUT2D eigenvalue weighted by Crippen LogP contribution is -2.35. The van der Waals surface area contributed by atoms with Crippen LogP contribution in [0.1, 0.15) is 12.8 Å². The fourth-order valence-electron chi connectivity index (χ4n) is 0.518. The highest BCUT2D eigenvalue weighted by atomic mass is 16.9. The number of nitrogens with two attached hydrogens (primary N) is 1. The van der Waals surface area contributed by atoms with E-state index < -0.39 is 18.0 Å². The molecule has 0 aliphatic heterocycles. The van der Waals surface area contributed by atoms with E-state index in [4.69, 9.17) is 16.0 Å². The molecule has 0 bridgehead atoms. The molecule has 0 rings (SSSR count). The summed E-state index contributed by atoms with van der Waals surface area (Å²) >= 11 is 0. The molecule has 12 heavy (non-hydrogen) atoms. The van der Waals surface area contributed by atoms with Crippen molar-refractivity contribution >= 4 is 11.9 Å². The zero-order chi connectivity index (χ0) is 9.56. The standard InChI is InChI=1S/C5H10N2O5/c6-3(1-2-4(8)9)5(10)12-7-11/h3,7,11H,1-2,6H2,(H,8,9). The Balaban J connectivity index is 3.63. The molecule has 0 saturated heterocycles. The van der Waals surface area contributed by atoms with Crippen LogP contribution in [-0.4, -0.2) is 28.3 Å². The van der Waals surface area contributed by atoms with E-state index in [9.17, 15) is 9.59 Å². The topological polar surface area (TPSA) is 122 Å². The van der Waals surface area contributed by atoms with Crippen molar-refractivity contribution in [3.05, 3.63) is 0 Å². The smallest absolute Gasteiger partial charge is 0.344 e. The highest BCUT2D eigenvalue weighted by Gasteiger charge is 2.16. The summed E-state index contributed by atoms with van der Waals surface area (Å²) in [4.78, 5) is 24.5. The number of carbonyl (C=O) groups is 2. The van der Waals surface area contributed by atoms with E-state index >= 15 is 0 Å². The van der Waals surface area contributed by atoms with Crippen LogP contribution in [-0.2, 0) is 14.4 Å². The Morgan fingerprint density at radius 1 is 1.58 bits per heavy atom. The van der Waals surface area contributed by atoms with Crippen molar-refractivity contribution in [3.8, 4) is 0 Å². The number of carboxylic acid groups (broad SMARTS) is 1. The van der Waals surface area contributed by atoms with Crippen molar-refractivity contribution in [1.82, 2.24) is 5.64 Å². The Morgan fingerprint density at radius 3 is 2.58 bits per heavy atom. The van der Waals surface area contributed by atoms with Crippen LogP contribution in [0.25, 0.3) is 0 Å². The SMILES string of the molecule is NC(CCC(=O)O)C(=O)ONO. The summed E-state index contributed by atoms with van der Waals surface area (Å²) < 4.78 is 0. The first-order valence-electron chi connectivity index (χ1n) is 3.15. The van der Waals surface area contributed by atoms with Crippen LogP contribution in [0.15, 0.2) is 0 Å². The molecule has 0 fully saturated rings. The van der Waals surface area contributed by atoms with Gasteiger partial charge in [-0.25, -0.2) is 4.79 Å². The highest BCUT2D eigenvalue weighted by Crippen LogP contribution is 1.95. The molecule has 0 aromatic heterocycles. The zero-order valence-electron chi connectivity index (χ0n) is 6.19. The molecular weight excluding hydrogens is 168 g/mol. The average Bonchev–Trinajstić information content (AvgIpc) is 2.00. The molecule has 0 amide bonds. The molecule has 0 aromatic carbocycles. The highest BCUT2D eigenvalue weighted by molar-refractivity contribution is 5.76. The second kappa shape index (κ2) is 5.47. The Morgan fingerprint density at radius 2 is 2.17 bits per heavy atom. The monoisotopic (exact) mass is 178 g/mol. The van der Waals surface area contributed by atoms with E-state index in [1.807, 2.05) is 0 Å². The minimum Gasteiger partial charge on any atom is -0.481 e. The fraction of sp³-hybridized carbons (Fsp3) is 0.600. The first kappa shape index (κ1) is 10.8. The van der Waals surface area contributed by atoms with Gasteiger partial charge < -0.3 is 15.7 Å². The summed E-state index contributed by atoms with van der Waals surface area (Å²) in [5, 5.41) is 16.1. The quantitative estimate of drug-likeness (QED) is 0.382. The Kier molecular flexibility index (Phi) is 4.93. The number of aliphatic carboxylic acids is 1. The molecule has 0 heterocycles. The molecule has 7 nitrogen and oxygen atoms in total. The summed E-state index contributed by atoms with van der Waals surface area (Å²) in [5.41, 5.74) is 6.32. The number of carbonyl (C=O) groups excluding carboxylic acids is 1. The van der Waals surface area contributed by atoms with Gasteiger partial charge in [0.1, 0.15) is 6.04 Å². The second-order valence-corrected chi connectivity index (χ2v) is 2.05. The van der Waals surface area contributed by atoms with Crippen LogP contribution in [0.4, 0.5) is 0 Å². The van der Waals surface area contributed by atoms with Gasteiger partial charge in [0, 0.05) is 6.42 Å². The predicted octanol–water partition coefficient (Wildman–Crippen LogP) is -1.38. The normalized spacial score (nSPS) is 12.2. The van der Waals surface area contributed by atoms with E-state index in [1.165, 1.54) is 0 Å². The van der Waals surface area contributed by atoms with Gasteiger partial charge in [-0.05, 0) is 12.1 Å². The largest absolute Gasteiger partial charge is 0.481 e. The molecule has 1 unspecified atom stereocenters. The number of rotatable bonds is 5. The maximum atomic E-state index is 10.6. The van der Waals surface area contributed by atoms with Crippen molar-refractivity contribution in [2.24, 2.45) is 5.73 Å². The van der Waals surface area contributed by atoms with Crippen molar-refractivity contribution in [2.75, 3.05) is 0 Å². The van der Waals surface area contributed by atoms with Gasteiger partial charge in [0.25, 0.3) is 0 Å². The number of nitrogens with one attached hydrogen (secondary N) is 1. The van der Waals surface area contributed by atoms with Gasteiger partial charge in [-0.2, -0.15) is 0 Å². The Bertz CT molecular complexity index is 171. The molecular formula is C5H10N2O5. The fourth-order valence-corrected chi connectivity index (χ4v) is 0.518. The molecule has 7 heteroatoms. The van der Waals surface area contributed by atoms with Crippen LogP contribution in [0, 0.1) is 0 Å². The Labute approximate surface area is 68.0 Å². The van der Waals surface area contributed by atoms with Gasteiger partial charge in [-0.15, -0.1) is 0 Å². The zero-order valence-corrected chi connectivity index (χ0v) is 6.19. The number of carboxylic acids is 1. The molecule has 0 aliphatic rings. The first-order chi connectivity index (χ1) is 5.57. The molecule has 5 N–H and O–H groups in total. The second-order valence-electron chi connectivity index (χ2n) is 2.05. The summed E-state index contributed by atoms with van der Waals surface area (Å²) in [6.07, 6.45) is -0.252. The lowest BCUT2D eigenvalue weighted by molar-refractivity contribution is -0.178. The van der Waals surface area contributed by atoms with Gasteiger partial charge in [0.2, 0.25) is 0 Å². The first-order valence-corrected chi connectivity index (χ1v) is 3.15. The van der Waals surface area contributed by atoms with Crippen LogP contribution >= 0.6 is 0 Å². The number of hydrogen-bond donors (Lipinski definition) is 4. The van der Waals surface area contributed by atoms with Gasteiger partial charge in [0.05, 0.1) is 0 Å². The van der Waals surface area contributed by atoms with Crippen molar-refractivity contribution in [1.29, 1.82) is 0 Å². The summed E-state index contributed by atoms with van der Waals surface area (Å²) in [7, 11) is 0. The third-order valence-corrected chi connectivity index (χ3v) is 1.12. The van der Waals surface area contributed by atoms with Crippen molar-refractivity contribution in [3.63, 3.8) is 0 Å². The van der Waals surface area contributed by atoms with E-state index in [0.29, 0.717) is 0 Å². The third-order valence-electron chi connectivity index (χ3n) is 1.12. The summed E-state index contributed by atoms with van der Waals surface area (Å²) in [5.74, 6) is -1.95. The number of hydrogen-bond acceptors (Lipinski definition) is 6. The maximum absolute atomic E-state index is 10.6. The minimum absolute atomic E-state index is 0.0319. The molecule has 0 radical (unpaired) electrons. The molecule has 0 aromatic rings. The van der Waals surface area contributed by atoms with Gasteiger partial charge >= 0.3 is 11.9 Å². The lowest BCUT2D eigenvalue weighted by atomic mass is 10.2. The average molecular weight is 178 g/mol. The molecule has 1 atom stereocenters. The molecule has 0 aliphatic carbocycles. The van der Waals surface area contributed by atoms with Crippen LogP contribution in [0.3, 0.4) is 0 Å². The van der Waals surface area contributed by atoms with Gasteiger partial charge in [-0.1, -0.05) is 0 Å². The summed E-state index contributed by atoms with van der Waals surface area (Å²) in [6, 6.07) is -1.04. The van der Waals surface area contributed by atoms with Crippen LogP contribution < -0.4 is 11.4 Å². The molecule has 70 valence electrons. The van der Waals surface area contributed by atoms with Gasteiger partial charge in [0.15, 0.2) is 0 Å². The molecule has 0 saturated carbocycles. The third kappa shape index (κ3) is 4.61. The van der Waals surface area contributed by atoms with Gasteiger partial charge in [-0.3, -0.25) is 10.0 Å². The van der Waals surface area contributed by atoms with Crippen molar-refractivity contribution < 1.29 is 24.7 Å². The van der Waals surface area contributed by atoms with E-state index in [0.717, 1.165) is 5.64 Å². The predicted molar refractivity (Wildman–Crippen MR) is 35.9 cm³/mol. The summed E-state index contributed by atoms with van der Waals surface area (Å²) in [6.45, 7) is 0. The maximum Gasteiger partial charge on any atom is 0.344 e. The van der Waals surface area contributed by atoms with Crippen molar-refractivity contribution in [2.45, 2.75) is 18.9 Å². The van der Waals surface area contributed by atoms with Crippen LogP contribution in [0.2, 0.25) is 0 Å². The Hall–Kier alpha value is -1.18. The minimum atomic E-state index is -1.05. The van der Waals surface area contributed by atoms with E-state index in [2.05, 4.69) is 4.84 Å². The lowest BCUT2D eigenvalue weighted by Gasteiger charge is -2.06.